The van der Waals surface area contributed by atoms with Crippen LogP contribution in [0.4, 0.5) is 0 Å². The van der Waals surface area contributed by atoms with Crippen LogP contribution in [0.15, 0.2) is 35.3 Å². The van der Waals surface area contributed by atoms with E-state index in [-0.39, 0.29) is 29.9 Å². The van der Waals surface area contributed by atoms with Crippen molar-refractivity contribution in [3.63, 3.8) is 0 Å². The molecule has 1 aromatic rings. The zero-order valence-electron chi connectivity index (χ0n) is 16.2. The summed E-state index contributed by atoms with van der Waals surface area (Å²) in [6, 6.07) is 10.7. The first kappa shape index (κ1) is 22.7. The molecular formula is C20H33IN4O. The van der Waals surface area contributed by atoms with E-state index in [0.717, 1.165) is 32.1 Å². The van der Waals surface area contributed by atoms with Crippen LogP contribution in [0.1, 0.15) is 45.1 Å². The predicted octanol–water partition coefficient (Wildman–Crippen LogP) is 3.22. The van der Waals surface area contributed by atoms with Crippen molar-refractivity contribution in [2.45, 2.75) is 39.5 Å². The zero-order valence-corrected chi connectivity index (χ0v) is 18.5. The van der Waals surface area contributed by atoms with Gasteiger partial charge < -0.3 is 15.5 Å². The van der Waals surface area contributed by atoms with Gasteiger partial charge >= 0.3 is 0 Å². The Kier molecular flexibility index (Phi) is 10.6. The van der Waals surface area contributed by atoms with Crippen LogP contribution in [0.2, 0.25) is 0 Å². The minimum atomic E-state index is 0. The number of amides is 1. The standard InChI is InChI=1S/C20H32N4O.HI/c1-4-21-20(22-13-12-19(25)24(5-2)6-3)23-15-17-14-18(17)16-10-8-7-9-11-16;/h7-11,17-18H,4-6,12-15H2,1-3H3,(H2,21,22,23);1H. The molecule has 0 spiro atoms. The van der Waals surface area contributed by atoms with E-state index in [0.29, 0.717) is 24.8 Å². The normalized spacial score (nSPS) is 18.7. The summed E-state index contributed by atoms with van der Waals surface area (Å²) < 4.78 is 0. The third-order valence-corrected chi connectivity index (χ3v) is 4.73. The van der Waals surface area contributed by atoms with Crippen molar-refractivity contribution >= 4 is 35.8 Å². The smallest absolute Gasteiger partial charge is 0.224 e. The van der Waals surface area contributed by atoms with Gasteiger partial charge in [0.25, 0.3) is 0 Å². The van der Waals surface area contributed by atoms with E-state index in [1.165, 1.54) is 12.0 Å². The quantitative estimate of drug-likeness (QED) is 0.330. The molecule has 2 unspecified atom stereocenters. The lowest BCUT2D eigenvalue weighted by atomic mass is 10.1. The second-order valence-electron chi connectivity index (χ2n) is 6.48. The van der Waals surface area contributed by atoms with Crippen LogP contribution in [-0.2, 0) is 4.79 Å². The lowest BCUT2D eigenvalue weighted by molar-refractivity contribution is -0.130. The van der Waals surface area contributed by atoms with Gasteiger partial charge in [-0.3, -0.25) is 9.79 Å². The topological polar surface area (TPSA) is 56.7 Å². The highest BCUT2D eigenvalue weighted by Gasteiger charge is 2.37. The molecule has 146 valence electrons. The van der Waals surface area contributed by atoms with E-state index in [1.807, 2.05) is 18.7 Å². The van der Waals surface area contributed by atoms with Gasteiger partial charge in [-0.25, -0.2) is 0 Å². The Balaban J connectivity index is 0.00000338. The number of aliphatic imine (C=N–C) groups is 1. The highest BCUT2D eigenvalue weighted by atomic mass is 127. The van der Waals surface area contributed by atoms with Gasteiger partial charge in [-0.05, 0) is 44.6 Å². The third-order valence-electron chi connectivity index (χ3n) is 4.73. The molecule has 1 saturated carbocycles. The average molecular weight is 472 g/mol. The Hall–Kier alpha value is -1.31. The van der Waals surface area contributed by atoms with Crippen molar-refractivity contribution in [1.29, 1.82) is 0 Å². The maximum absolute atomic E-state index is 12.0. The molecule has 5 nitrogen and oxygen atoms in total. The number of carbonyl (C=O) groups is 1. The summed E-state index contributed by atoms with van der Waals surface area (Å²) in [6.45, 7) is 9.90. The number of halogens is 1. The summed E-state index contributed by atoms with van der Waals surface area (Å²) in [5.41, 5.74) is 1.42. The minimum absolute atomic E-state index is 0. The third kappa shape index (κ3) is 7.13. The molecule has 0 bridgehead atoms. The van der Waals surface area contributed by atoms with Crippen molar-refractivity contribution in [2.75, 3.05) is 32.7 Å². The molecule has 1 aromatic carbocycles. The van der Waals surface area contributed by atoms with E-state index in [9.17, 15) is 4.79 Å². The summed E-state index contributed by atoms with van der Waals surface area (Å²) in [6.07, 6.45) is 1.72. The molecule has 2 atom stereocenters. The molecule has 0 aliphatic heterocycles. The van der Waals surface area contributed by atoms with Crippen LogP contribution in [0.3, 0.4) is 0 Å². The number of rotatable bonds is 9. The lowest BCUT2D eigenvalue weighted by Gasteiger charge is -2.19. The zero-order chi connectivity index (χ0) is 18.1. The fraction of sp³-hybridized carbons (Fsp3) is 0.600. The SMILES string of the molecule is CCNC(=NCC1CC1c1ccccc1)NCCC(=O)N(CC)CC.I. The average Bonchev–Trinajstić information content (AvgIpc) is 3.41. The van der Waals surface area contributed by atoms with E-state index in [1.54, 1.807) is 0 Å². The van der Waals surface area contributed by atoms with E-state index < -0.39 is 0 Å². The Bertz CT molecular complexity index is 560. The van der Waals surface area contributed by atoms with Crippen LogP contribution in [0.25, 0.3) is 0 Å². The molecule has 2 rings (SSSR count). The molecule has 1 aliphatic carbocycles. The summed E-state index contributed by atoms with van der Waals surface area (Å²) in [5, 5.41) is 6.55. The molecule has 0 aromatic heterocycles. The molecule has 0 heterocycles. The minimum Gasteiger partial charge on any atom is -0.357 e. The Morgan fingerprint density at radius 3 is 2.46 bits per heavy atom. The summed E-state index contributed by atoms with van der Waals surface area (Å²) in [4.78, 5) is 18.6. The van der Waals surface area contributed by atoms with Gasteiger partial charge in [0.1, 0.15) is 0 Å². The second-order valence-corrected chi connectivity index (χ2v) is 6.48. The maximum atomic E-state index is 12.0. The molecule has 26 heavy (non-hydrogen) atoms. The molecule has 0 radical (unpaired) electrons. The highest BCUT2D eigenvalue weighted by Crippen LogP contribution is 2.47. The van der Waals surface area contributed by atoms with Gasteiger partial charge in [0.05, 0.1) is 0 Å². The molecule has 2 N–H and O–H groups in total. The number of hydrogen-bond acceptors (Lipinski definition) is 2. The maximum Gasteiger partial charge on any atom is 0.224 e. The second kappa shape index (κ2) is 12.1. The Labute approximate surface area is 175 Å². The van der Waals surface area contributed by atoms with Crippen molar-refractivity contribution < 1.29 is 4.79 Å². The number of benzene rings is 1. The van der Waals surface area contributed by atoms with Gasteiger partial charge in [0.2, 0.25) is 5.91 Å². The van der Waals surface area contributed by atoms with Crippen molar-refractivity contribution in [1.82, 2.24) is 15.5 Å². The lowest BCUT2D eigenvalue weighted by Crippen LogP contribution is -2.40. The summed E-state index contributed by atoms with van der Waals surface area (Å²) >= 11 is 0. The molecule has 1 amide bonds. The Morgan fingerprint density at radius 1 is 1.15 bits per heavy atom. The van der Waals surface area contributed by atoms with Crippen molar-refractivity contribution in [3.8, 4) is 0 Å². The first-order valence-corrected chi connectivity index (χ1v) is 9.54. The fourth-order valence-electron chi connectivity index (χ4n) is 3.13. The van der Waals surface area contributed by atoms with Gasteiger partial charge in [-0.15, -0.1) is 24.0 Å². The van der Waals surface area contributed by atoms with Crippen LogP contribution < -0.4 is 10.6 Å². The number of guanidine groups is 1. The molecular weight excluding hydrogens is 439 g/mol. The van der Waals surface area contributed by atoms with Crippen LogP contribution in [0, 0.1) is 5.92 Å². The van der Waals surface area contributed by atoms with Crippen molar-refractivity contribution in [3.05, 3.63) is 35.9 Å². The van der Waals surface area contributed by atoms with Gasteiger partial charge in [0, 0.05) is 39.1 Å². The number of hydrogen-bond donors (Lipinski definition) is 2. The molecule has 0 saturated heterocycles. The van der Waals surface area contributed by atoms with Crippen LogP contribution in [-0.4, -0.2) is 49.5 Å². The molecule has 1 aliphatic rings. The predicted molar refractivity (Wildman–Crippen MR) is 119 cm³/mol. The van der Waals surface area contributed by atoms with E-state index >= 15 is 0 Å². The van der Waals surface area contributed by atoms with Crippen LogP contribution >= 0.6 is 24.0 Å². The Morgan fingerprint density at radius 2 is 1.85 bits per heavy atom. The first-order chi connectivity index (χ1) is 12.2. The van der Waals surface area contributed by atoms with E-state index in [2.05, 4.69) is 47.9 Å². The van der Waals surface area contributed by atoms with Crippen LogP contribution in [0.5, 0.6) is 0 Å². The highest BCUT2D eigenvalue weighted by molar-refractivity contribution is 14.0. The number of nitrogens with one attached hydrogen (secondary N) is 2. The number of nitrogens with zero attached hydrogens (tertiary/aromatic N) is 2. The van der Waals surface area contributed by atoms with Crippen molar-refractivity contribution in [2.24, 2.45) is 10.9 Å². The van der Waals surface area contributed by atoms with Gasteiger partial charge in [-0.2, -0.15) is 0 Å². The number of carbonyl (C=O) groups excluding carboxylic acids is 1. The van der Waals surface area contributed by atoms with Gasteiger partial charge in [0.15, 0.2) is 5.96 Å². The van der Waals surface area contributed by atoms with Gasteiger partial charge in [-0.1, -0.05) is 30.3 Å². The van der Waals surface area contributed by atoms with E-state index in [4.69, 9.17) is 4.99 Å². The first-order valence-electron chi connectivity index (χ1n) is 9.54. The summed E-state index contributed by atoms with van der Waals surface area (Å²) in [5.74, 6) is 2.29. The fourth-order valence-corrected chi connectivity index (χ4v) is 3.13. The monoisotopic (exact) mass is 472 g/mol. The largest absolute Gasteiger partial charge is 0.357 e. The molecule has 1 fully saturated rings. The summed E-state index contributed by atoms with van der Waals surface area (Å²) in [7, 11) is 0. The molecule has 6 heteroatoms.